The second-order valence-corrected chi connectivity index (χ2v) is 37.5. The van der Waals surface area contributed by atoms with Gasteiger partial charge in [-0.2, -0.15) is 0 Å². The van der Waals surface area contributed by atoms with Gasteiger partial charge < -0.3 is 117 Å². The number of carbonyl (C=O) groups is 20. The molecule has 0 spiro atoms. The van der Waals surface area contributed by atoms with E-state index in [1.165, 1.54) is 150 Å². The van der Waals surface area contributed by atoms with E-state index in [9.17, 15) is 106 Å². The lowest BCUT2D eigenvalue weighted by molar-refractivity contribution is -0.146. The molecule has 0 aromatic heterocycles. The van der Waals surface area contributed by atoms with Crippen LogP contribution in [-0.2, 0) is 95.9 Å². The predicted molar refractivity (Wildman–Crippen MR) is 456 cm³/mol. The summed E-state index contributed by atoms with van der Waals surface area (Å²) in [7, 11) is 0. The second-order valence-electron chi connectivity index (χ2n) is 37.5. The fraction of sp³-hybridized carbons (Fsp3) is 0.756. The number of aliphatic hydroxyl groups is 2. The molecule has 0 aromatic rings. The number of rotatable bonds is 50. The molecule has 11 unspecified atom stereocenters. The first-order valence-electron chi connectivity index (χ1n) is 41.9. The van der Waals surface area contributed by atoms with E-state index in [-0.39, 0.29) is 69.2 Å². The summed E-state index contributed by atoms with van der Waals surface area (Å²) in [5.74, 6) is -17.3. The standard InChI is InChI=1S/C82H144N20O22/c1-28-81(26,98-61(112)50(33-35-56(84)107)90-72(123)82(27,29-2)101-70(121)79(22,23)94-57(108)45(9)85-60(111)53(41-104)92-66(117)74(12,13)93-47(11)105)71(122)91-52(39-44(7)8)63(114)96-75(14,15)65(116)86-46(10)58(109)95-77(18,19)69(120)100-80(24,25)73(124)102-36-30-31-54(102)64(115)88-51(38-43(5)6)62(113)97-78(20,21)68(119)99-76(16,17)67(118)89-49(32-34-55(83)106)59(110)87-48(40-103)37-42(3)4/h42-46,48-54,103-104H,28-41H2,1-27H3,(H2,83,106)(H2,84,107)(H,85,111)(H,86,116)(H,87,110)(H,88,115)(H,89,118)(H,90,123)(H,91,122)(H,92,117)(H,93,105)(H,94,108)(H,95,109)(H,96,114)(H,97,113)(H,98,112)(H,99,119)(H,100,120)(H,101,121). The summed E-state index contributed by atoms with van der Waals surface area (Å²) < 4.78 is 0. The minimum atomic E-state index is -1.87. The molecule has 0 aliphatic carbocycles. The van der Waals surface area contributed by atoms with E-state index in [2.05, 4.69) is 90.4 Å². The number of primary amides is 2. The van der Waals surface area contributed by atoms with E-state index < -0.39 is 248 Å². The summed E-state index contributed by atoms with van der Waals surface area (Å²) in [6.07, 6.45) is -0.722. The molecule has 0 bridgehead atoms. The van der Waals surface area contributed by atoms with Crippen molar-refractivity contribution in [3.05, 3.63) is 0 Å². The van der Waals surface area contributed by atoms with Crippen LogP contribution in [0.3, 0.4) is 0 Å². The molecule has 42 nitrogen and oxygen atoms in total. The van der Waals surface area contributed by atoms with Gasteiger partial charge in [0.1, 0.15) is 98.2 Å². The first kappa shape index (κ1) is 111. The Morgan fingerprint density at radius 2 is 0.677 bits per heavy atom. The van der Waals surface area contributed by atoms with Crippen molar-refractivity contribution in [3.63, 3.8) is 0 Å². The number of hydrogen-bond acceptors (Lipinski definition) is 22. The van der Waals surface area contributed by atoms with Crippen molar-refractivity contribution in [2.45, 2.75) is 362 Å². The number of nitrogens with one attached hydrogen (secondary N) is 17. The first-order chi connectivity index (χ1) is 56.5. The van der Waals surface area contributed by atoms with E-state index >= 15 is 0 Å². The van der Waals surface area contributed by atoms with Crippen molar-refractivity contribution in [1.82, 2.24) is 95.3 Å². The number of carbonyl (C=O) groups excluding carboxylic acids is 20. The van der Waals surface area contributed by atoms with Gasteiger partial charge >= 0.3 is 0 Å². The zero-order valence-corrected chi connectivity index (χ0v) is 77.5. The Balaban J connectivity index is 3.28. The van der Waals surface area contributed by atoms with Crippen molar-refractivity contribution in [2.75, 3.05) is 19.8 Å². The van der Waals surface area contributed by atoms with Gasteiger partial charge in [-0.15, -0.1) is 0 Å². The Bertz CT molecular complexity index is 3910. The van der Waals surface area contributed by atoms with Crippen molar-refractivity contribution in [2.24, 2.45) is 29.2 Å². The fourth-order valence-electron chi connectivity index (χ4n) is 12.5. The molecule has 1 aliphatic heterocycles. The quantitative estimate of drug-likeness (QED) is 0.0280. The molecule has 11 atom stereocenters. The summed E-state index contributed by atoms with van der Waals surface area (Å²) >= 11 is 0. The Morgan fingerprint density at radius 3 is 1.09 bits per heavy atom. The lowest BCUT2D eigenvalue weighted by Gasteiger charge is -2.36. The topological polar surface area (TPSA) is 642 Å². The van der Waals surface area contributed by atoms with Gasteiger partial charge in [-0.25, -0.2) is 0 Å². The largest absolute Gasteiger partial charge is 0.394 e. The molecule has 42 heteroatoms. The minimum Gasteiger partial charge on any atom is -0.394 e. The summed E-state index contributed by atoms with van der Waals surface area (Å²) in [4.78, 5) is 274. The fourth-order valence-corrected chi connectivity index (χ4v) is 12.5. The number of nitrogens with two attached hydrogens (primary N) is 2. The molecular formula is C82H144N20O22. The van der Waals surface area contributed by atoms with Gasteiger partial charge in [-0.3, -0.25) is 95.9 Å². The minimum absolute atomic E-state index is 0.0296. The molecule has 0 aromatic carbocycles. The molecule has 1 aliphatic rings. The Kier molecular flexibility index (Phi) is 41.6. The van der Waals surface area contributed by atoms with Gasteiger partial charge in [0.2, 0.25) is 118 Å². The van der Waals surface area contributed by atoms with E-state index in [1.54, 1.807) is 27.7 Å². The highest BCUT2D eigenvalue weighted by atomic mass is 16.3. The normalized spacial score (nSPS) is 16.3. The van der Waals surface area contributed by atoms with Crippen molar-refractivity contribution in [3.8, 4) is 0 Å². The lowest BCUT2D eigenvalue weighted by Crippen LogP contribution is -2.67. The molecule has 23 N–H and O–H groups in total. The molecule has 124 heavy (non-hydrogen) atoms. The Morgan fingerprint density at radius 1 is 0.347 bits per heavy atom. The maximum absolute atomic E-state index is 14.5. The average molecular weight is 1760 g/mol. The van der Waals surface area contributed by atoms with Crippen LogP contribution in [0, 0.1) is 17.8 Å². The smallest absolute Gasteiger partial charge is 0.248 e. The van der Waals surface area contributed by atoms with E-state index in [4.69, 9.17) is 11.5 Å². The first-order valence-corrected chi connectivity index (χ1v) is 41.9. The molecule has 1 saturated heterocycles. The third-order valence-electron chi connectivity index (χ3n) is 20.9. The van der Waals surface area contributed by atoms with E-state index in [0.29, 0.717) is 12.8 Å². The Hall–Kier alpha value is -10.7. The van der Waals surface area contributed by atoms with Crippen LogP contribution in [0.4, 0.5) is 0 Å². The molecule has 1 rings (SSSR count). The van der Waals surface area contributed by atoms with Gasteiger partial charge in [0, 0.05) is 26.3 Å². The number of nitrogens with zero attached hydrogens (tertiary/aromatic N) is 1. The van der Waals surface area contributed by atoms with Crippen molar-refractivity contribution < 1.29 is 106 Å². The number of aliphatic hydroxyl groups excluding tert-OH is 2. The van der Waals surface area contributed by atoms with Gasteiger partial charge in [-0.05, 0) is 200 Å². The summed E-state index contributed by atoms with van der Waals surface area (Å²) in [5, 5.41) is 63.3. The van der Waals surface area contributed by atoms with E-state index in [1.807, 2.05) is 13.8 Å². The van der Waals surface area contributed by atoms with Crippen molar-refractivity contribution in [1.29, 1.82) is 0 Å². The van der Waals surface area contributed by atoms with Crippen LogP contribution in [0.25, 0.3) is 0 Å². The zero-order valence-electron chi connectivity index (χ0n) is 77.5. The van der Waals surface area contributed by atoms with Gasteiger partial charge in [0.05, 0.1) is 19.3 Å². The van der Waals surface area contributed by atoms with Crippen LogP contribution in [0.15, 0.2) is 0 Å². The van der Waals surface area contributed by atoms with Crippen molar-refractivity contribution >= 4 is 118 Å². The molecule has 20 amide bonds. The van der Waals surface area contributed by atoms with Crippen LogP contribution in [-0.4, -0.2) is 257 Å². The summed E-state index contributed by atoms with van der Waals surface area (Å²) in [6, 6.07) is -11.7. The maximum Gasteiger partial charge on any atom is 0.248 e. The highest BCUT2D eigenvalue weighted by Crippen LogP contribution is 2.25. The third kappa shape index (κ3) is 34.4. The number of hydrogen-bond donors (Lipinski definition) is 21. The summed E-state index contributed by atoms with van der Waals surface area (Å²) in [6.45, 7) is 37.7. The number of amides is 20. The van der Waals surface area contributed by atoms with Crippen LogP contribution in [0.1, 0.15) is 258 Å². The van der Waals surface area contributed by atoms with Crippen LogP contribution >= 0.6 is 0 Å². The van der Waals surface area contributed by atoms with Crippen LogP contribution in [0.2, 0.25) is 0 Å². The van der Waals surface area contributed by atoms with Crippen LogP contribution in [0.5, 0.6) is 0 Å². The predicted octanol–water partition coefficient (Wildman–Crippen LogP) is -3.60. The van der Waals surface area contributed by atoms with Crippen LogP contribution < -0.4 is 102 Å². The molecule has 704 valence electrons. The highest BCUT2D eigenvalue weighted by molar-refractivity contribution is 6.04. The molecular weight excluding hydrogens is 1620 g/mol. The third-order valence-corrected chi connectivity index (χ3v) is 20.9. The van der Waals surface area contributed by atoms with Gasteiger partial charge in [-0.1, -0.05) is 55.4 Å². The summed E-state index contributed by atoms with van der Waals surface area (Å²) in [5.41, 5.74) is -5.07. The number of likely N-dealkylation sites (tertiary alicyclic amines) is 1. The monoisotopic (exact) mass is 1760 g/mol. The zero-order chi connectivity index (χ0) is 96.5. The van der Waals surface area contributed by atoms with Gasteiger partial charge in [0.15, 0.2) is 0 Å². The SMILES string of the molecule is CCC(C)(NC(=O)C(CCC(N)=O)NC(=O)C(C)(CC)NC(=O)C(C)(C)NC(=O)C(C)NC(=O)C(CO)NC(=O)C(C)(C)NC(C)=O)C(=O)NC(CC(C)C)C(=O)NC(C)(C)C(=O)NC(C)C(=O)NC(C)(C)C(=O)NC(C)(C)C(=O)N1CCCC1C(=O)NC(CC(C)C)C(=O)NC(C)(C)C(=O)NC(C)(C)C(=O)NC(CCC(N)=O)C(=O)NC(CO)CC(C)C. The second kappa shape index (κ2) is 46.3. The van der Waals surface area contributed by atoms with Gasteiger partial charge in [0.25, 0.3) is 0 Å². The lowest BCUT2D eigenvalue weighted by atomic mass is 9.92. The Labute approximate surface area is 727 Å². The van der Waals surface area contributed by atoms with E-state index in [0.717, 1.165) is 0 Å². The molecule has 1 heterocycles. The molecule has 0 saturated carbocycles. The maximum atomic E-state index is 14.5. The molecule has 1 fully saturated rings. The highest BCUT2D eigenvalue weighted by Gasteiger charge is 2.49. The molecule has 0 radical (unpaired) electrons. The average Bonchev–Trinajstić information content (AvgIpc) is 1.48.